The molecule has 126 valence electrons. The number of carbonyl (C=O) groups is 1. The fourth-order valence-electron chi connectivity index (χ4n) is 1.67. The molecule has 0 saturated heterocycles. The maximum atomic E-state index is 11.7. The van der Waals surface area contributed by atoms with Gasteiger partial charge in [0.1, 0.15) is 0 Å². The average molecular weight is 350 g/mol. The van der Waals surface area contributed by atoms with Crippen LogP contribution in [0, 0.1) is 0 Å². The summed E-state index contributed by atoms with van der Waals surface area (Å²) in [4.78, 5) is 11.5. The quantitative estimate of drug-likeness (QED) is 0.636. The number of amides is 1. The third-order valence-corrected chi connectivity index (χ3v) is 4.19. The lowest BCUT2D eigenvalue weighted by Gasteiger charge is -2.09. The molecule has 0 radical (unpaired) electrons. The Morgan fingerprint density at radius 1 is 1.14 bits per heavy atom. The fraction of sp³-hybridized carbons (Fsp3) is 0.500. The van der Waals surface area contributed by atoms with E-state index in [0.717, 1.165) is 6.42 Å². The number of benzene rings is 1. The molecule has 0 aliphatic carbocycles. The van der Waals surface area contributed by atoms with Gasteiger partial charge in [0, 0.05) is 17.8 Å². The predicted molar refractivity (Wildman–Crippen MR) is 92.9 cm³/mol. The minimum Gasteiger partial charge on any atom is -0.330 e. The maximum absolute atomic E-state index is 11.7. The summed E-state index contributed by atoms with van der Waals surface area (Å²) in [6.45, 7) is 2.42. The molecule has 1 aromatic rings. The molecule has 0 fully saturated rings. The molecule has 0 unspecified atom stereocenters. The van der Waals surface area contributed by atoms with E-state index in [-0.39, 0.29) is 24.1 Å². The van der Waals surface area contributed by atoms with Crippen LogP contribution in [0.25, 0.3) is 0 Å². The second kappa shape index (κ2) is 10.4. The van der Waals surface area contributed by atoms with E-state index in [4.69, 9.17) is 5.73 Å². The van der Waals surface area contributed by atoms with Gasteiger partial charge in [0.25, 0.3) is 0 Å². The number of carbonyl (C=O) groups excluding carboxylic acids is 1. The number of hydrogen-bond donors (Lipinski definition) is 3. The molecule has 0 spiro atoms. The summed E-state index contributed by atoms with van der Waals surface area (Å²) in [6.07, 6.45) is 2.47. The first-order valence-corrected chi connectivity index (χ1v) is 8.72. The highest BCUT2D eigenvalue weighted by Gasteiger charge is 2.09. The third kappa shape index (κ3) is 8.21. The zero-order valence-electron chi connectivity index (χ0n) is 12.7. The zero-order valence-corrected chi connectivity index (χ0v) is 14.3. The second-order valence-corrected chi connectivity index (χ2v) is 6.63. The van der Waals surface area contributed by atoms with E-state index < -0.39 is 10.0 Å². The van der Waals surface area contributed by atoms with Crippen LogP contribution in [0.4, 0.5) is 11.4 Å². The number of hydrogen-bond acceptors (Lipinski definition) is 4. The molecule has 22 heavy (non-hydrogen) atoms. The van der Waals surface area contributed by atoms with Crippen LogP contribution in [0.1, 0.15) is 32.6 Å². The summed E-state index contributed by atoms with van der Waals surface area (Å²) in [5.41, 5.74) is 6.46. The van der Waals surface area contributed by atoms with Gasteiger partial charge in [-0.15, -0.1) is 12.4 Å². The standard InChI is InChI=1S/C14H23N3O3S.ClH/c1-2-3-11-21(19,20)17-13-8-6-12(7-9-13)16-14(18)5-4-10-15;/h6-9,17H,2-5,10-11,15H2,1H3,(H,16,18);1H. The third-order valence-electron chi connectivity index (χ3n) is 2.82. The van der Waals surface area contributed by atoms with Crippen molar-refractivity contribution in [2.45, 2.75) is 32.6 Å². The molecular formula is C14H24ClN3O3S. The summed E-state index contributed by atoms with van der Waals surface area (Å²) in [5.74, 6) is 0.0119. The Labute approximate surface area is 138 Å². The van der Waals surface area contributed by atoms with E-state index in [1.807, 2.05) is 6.92 Å². The summed E-state index contributed by atoms with van der Waals surface area (Å²) in [6, 6.07) is 6.58. The molecule has 8 heteroatoms. The number of nitrogens with two attached hydrogens (primary N) is 1. The van der Waals surface area contributed by atoms with Gasteiger partial charge < -0.3 is 11.1 Å². The highest BCUT2D eigenvalue weighted by molar-refractivity contribution is 7.92. The minimum atomic E-state index is -3.30. The molecule has 6 nitrogen and oxygen atoms in total. The summed E-state index contributed by atoms with van der Waals surface area (Å²) in [5, 5.41) is 2.73. The SMILES string of the molecule is CCCCS(=O)(=O)Nc1ccc(NC(=O)CCCN)cc1.Cl. The number of sulfonamides is 1. The number of anilines is 2. The fourth-order valence-corrected chi connectivity index (χ4v) is 2.94. The normalized spacial score (nSPS) is 10.6. The van der Waals surface area contributed by atoms with Crippen molar-refractivity contribution in [2.24, 2.45) is 5.73 Å². The Bertz CT molecular complexity index is 547. The molecule has 0 heterocycles. The first kappa shape index (κ1) is 20.7. The van der Waals surface area contributed by atoms with Gasteiger partial charge in [-0.05, 0) is 43.7 Å². The summed E-state index contributed by atoms with van der Waals surface area (Å²) >= 11 is 0. The minimum absolute atomic E-state index is 0. The first-order chi connectivity index (χ1) is 9.96. The Morgan fingerprint density at radius 3 is 2.27 bits per heavy atom. The Balaban J connectivity index is 0.00000441. The van der Waals surface area contributed by atoms with Crippen molar-refractivity contribution >= 4 is 39.7 Å². The molecule has 0 bridgehead atoms. The van der Waals surface area contributed by atoms with E-state index in [2.05, 4.69) is 10.0 Å². The van der Waals surface area contributed by atoms with E-state index in [1.165, 1.54) is 0 Å². The molecule has 0 saturated carbocycles. The number of rotatable bonds is 9. The Hall–Kier alpha value is -1.31. The van der Waals surface area contributed by atoms with Crippen LogP contribution in [0.15, 0.2) is 24.3 Å². The highest BCUT2D eigenvalue weighted by Crippen LogP contribution is 2.15. The van der Waals surface area contributed by atoms with Gasteiger partial charge in [-0.1, -0.05) is 13.3 Å². The second-order valence-electron chi connectivity index (χ2n) is 4.79. The van der Waals surface area contributed by atoms with E-state index >= 15 is 0 Å². The maximum Gasteiger partial charge on any atom is 0.232 e. The molecule has 0 atom stereocenters. The van der Waals surface area contributed by atoms with E-state index in [9.17, 15) is 13.2 Å². The Morgan fingerprint density at radius 2 is 1.73 bits per heavy atom. The predicted octanol–water partition coefficient (Wildman–Crippen LogP) is 2.33. The van der Waals surface area contributed by atoms with Gasteiger partial charge in [-0.25, -0.2) is 8.42 Å². The van der Waals surface area contributed by atoms with Crippen LogP contribution >= 0.6 is 12.4 Å². The highest BCUT2D eigenvalue weighted by atomic mass is 35.5. The first-order valence-electron chi connectivity index (χ1n) is 7.07. The van der Waals surface area contributed by atoms with Gasteiger partial charge in [-0.2, -0.15) is 0 Å². The molecule has 1 aromatic carbocycles. The lowest BCUT2D eigenvalue weighted by atomic mass is 10.2. The monoisotopic (exact) mass is 349 g/mol. The summed E-state index contributed by atoms with van der Waals surface area (Å²) in [7, 11) is -3.30. The molecule has 4 N–H and O–H groups in total. The Kier molecular flexibility index (Phi) is 9.80. The van der Waals surface area contributed by atoms with Crippen molar-refractivity contribution in [3.05, 3.63) is 24.3 Å². The smallest absolute Gasteiger partial charge is 0.232 e. The largest absolute Gasteiger partial charge is 0.330 e. The topological polar surface area (TPSA) is 101 Å². The number of nitrogens with one attached hydrogen (secondary N) is 2. The molecular weight excluding hydrogens is 326 g/mol. The van der Waals surface area contributed by atoms with Gasteiger partial charge in [0.2, 0.25) is 15.9 Å². The number of halogens is 1. The van der Waals surface area contributed by atoms with Gasteiger partial charge in [0.05, 0.1) is 5.75 Å². The molecule has 0 aromatic heterocycles. The van der Waals surface area contributed by atoms with Crippen molar-refractivity contribution in [3.63, 3.8) is 0 Å². The van der Waals surface area contributed by atoms with Crippen LogP contribution in [-0.4, -0.2) is 26.6 Å². The van der Waals surface area contributed by atoms with Crippen LogP contribution in [-0.2, 0) is 14.8 Å². The molecule has 1 rings (SSSR count). The molecule has 0 aliphatic rings. The number of unbranched alkanes of at least 4 members (excludes halogenated alkanes) is 1. The van der Waals surface area contributed by atoms with Gasteiger partial charge in [0.15, 0.2) is 0 Å². The van der Waals surface area contributed by atoms with Crippen molar-refractivity contribution in [3.8, 4) is 0 Å². The van der Waals surface area contributed by atoms with Crippen LogP contribution in [0.5, 0.6) is 0 Å². The van der Waals surface area contributed by atoms with Gasteiger partial charge in [-0.3, -0.25) is 9.52 Å². The average Bonchev–Trinajstić information content (AvgIpc) is 2.45. The van der Waals surface area contributed by atoms with Crippen LogP contribution < -0.4 is 15.8 Å². The van der Waals surface area contributed by atoms with Crippen LogP contribution in [0.2, 0.25) is 0 Å². The van der Waals surface area contributed by atoms with E-state index in [0.29, 0.717) is 37.2 Å². The molecule has 1 amide bonds. The van der Waals surface area contributed by atoms with Crippen molar-refractivity contribution < 1.29 is 13.2 Å². The lowest BCUT2D eigenvalue weighted by molar-refractivity contribution is -0.116. The van der Waals surface area contributed by atoms with Crippen LogP contribution in [0.3, 0.4) is 0 Å². The summed E-state index contributed by atoms with van der Waals surface area (Å²) < 4.78 is 26.0. The van der Waals surface area contributed by atoms with Gasteiger partial charge >= 0.3 is 0 Å². The van der Waals surface area contributed by atoms with Crippen molar-refractivity contribution in [1.29, 1.82) is 0 Å². The molecule has 0 aliphatic heterocycles. The lowest BCUT2D eigenvalue weighted by Crippen LogP contribution is -2.16. The van der Waals surface area contributed by atoms with Crippen molar-refractivity contribution in [1.82, 2.24) is 0 Å². The zero-order chi connectivity index (χ0) is 15.7. The van der Waals surface area contributed by atoms with Crippen molar-refractivity contribution in [2.75, 3.05) is 22.3 Å². The van der Waals surface area contributed by atoms with E-state index in [1.54, 1.807) is 24.3 Å².